The lowest BCUT2D eigenvalue weighted by molar-refractivity contribution is -0.384. The van der Waals surface area contributed by atoms with Gasteiger partial charge in [0.2, 0.25) is 0 Å². The lowest BCUT2D eigenvalue weighted by Gasteiger charge is -2.40. The van der Waals surface area contributed by atoms with Crippen molar-refractivity contribution in [3.8, 4) is 0 Å². The molecule has 0 N–H and O–H groups in total. The van der Waals surface area contributed by atoms with Crippen molar-refractivity contribution >= 4 is 11.4 Å². The molecule has 1 unspecified atom stereocenters. The van der Waals surface area contributed by atoms with E-state index in [2.05, 4.69) is 4.90 Å². The second-order valence-electron chi connectivity index (χ2n) is 4.73. The molecule has 4 heteroatoms. The Hall–Kier alpha value is -1.58. The monoisotopic (exact) mass is 218 g/mol. The van der Waals surface area contributed by atoms with E-state index in [4.69, 9.17) is 0 Å². The van der Waals surface area contributed by atoms with Crippen molar-refractivity contribution in [2.24, 2.45) is 5.92 Å². The van der Waals surface area contributed by atoms with Gasteiger partial charge in [-0.2, -0.15) is 0 Å². The molecule has 1 aromatic rings. The average molecular weight is 218 g/mol. The molecule has 0 aromatic heterocycles. The molecule has 3 rings (SSSR count). The topological polar surface area (TPSA) is 46.4 Å². The molecular formula is C12H14N2O2. The number of nitrogens with zero attached hydrogens (tertiary/aromatic N) is 2. The van der Waals surface area contributed by atoms with E-state index in [-0.39, 0.29) is 10.6 Å². The zero-order chi connectivity index (χ0) is 11.1. The molecule has 1 fully saturated rings. The van der Waals surface area contributed by atoms with Crippen LogP contribution in [-0.4, -0.2) is 18.0 Å². The van der Waals surface area contributed by atoms with Crippen LogP contribution >= 0.6 is 0 Å². The normalized spacial score (nSPS) is 22.8. The molecule has 16 heavy (non-hydrogen) atoms. The van der Waals surface area contributed by atoms with Crippen LogP contribution in [0.3, 0.4) is 0 Å². The van der Waals surface area contributed by atoms with E-state index in [9.17, 15) is 10.1 Å². The third kappa shape index (κ3) is 1.45. The van der Waals surface area contributed by atoms with Gasteiger partial charge in [-0.1, -0.05) is 0 Å². The third-order valence-electron chi connectivity index (χ3n) is 3.64. The minimum Gasteiger partial charge on any atom is -0.371 e. The number of piperidine rings is 1. The van der Waals surface area contributed by atoms with Gasteiger partial charge in [0, 0.05) is 30.9 Å². The zero-order valence-corrected chi connectivity index (χ0v) is 9.06. The highest BCUT2D eigenvalue weighted by atomic mass is 16.6. The Kier molecular flexibility index (Phi) is 2.09. The molecule has 0 aliphatic carbocycles. The number of hydrogen-bond donors (Lipinski definition) is 0. The van der Waals surface area contributed by atoms with Gasteiger partial charge in [0.25, 0.3) is 5.69 Å². The van der Waals surface area contributed by atoms with Gasteiger partial charge < -0.3 is 4.90 Å². The van der Waals surface area contributed by atoms with Crippen molar-refractivity contribution in [2.75, 3.05) is 18.0 Å². The second-order valence-corrected chi connectivity index (χ2v) is 4.73. The summed E-state index contributed by atoms with van der Waals surface area (Å²) in [4.78, 5) is 12.8. The largest absolute Gasteiger partial charge is 0.371 e. The molecule has 2 aliphatic heterocycles. The summed E-state index contributed by atoms with van der Waals surface area (Å²) in [6, 6.07) is 5.28. The number of benzene rings is 1. The summed E-state index contributed by atoms with van der Waals surface area (Å²) >= 11 is 0. The van der Waals surface area contributed by atoms with Crippen LogP contribution in [0.15, 0.2) is 18.2 Å². The van der Waals surface area contributed by atoms with Crippen molar-refractivity contribution in [1.82, 2.24) is 0 Å². The number of rotatable bonds is 1. The highest BCUT2D eigenvalue weighted by molar-refractivity contribution is 5.60. The molecular weight excluding hydrogens is 204 g/mol. The van der Waals surface area contributed by atoms with Crippen molar-refractivity contribution in [1.29, 1.82) is 0 Å². The Balaban J connectivity index is 2.03. The maximum absolute atomic E-state index is 10.7. The summed E-state index contributed by atoms with van der Waals surface area (Å²) in [5, 5.41) is 10.7. The van der Waals surface area contributed by atoms with Crippen LogP contribution in [0.1, 0.15) is 18.4 Å². The van der Waals surface area contributed by atoms with Crippen LogP contribution in [-0.2, 0) is 6.42 Å². The molecule has 1 aromatic carbocycles. The van der Waals surface area contributed by atoms with Crippen LogP contribution in [0, 0.1) is 16.0 Å². The Labute approximate surface area is 94.0 Å². The average Bonchev–Trinajstić information content (AvgIpc) is 2.28. The molecule has 2 heterocycles. The van der Waals surface area contributed by atoms with Crippen molar-refractivity contribution in [3.05, 3.63) is 33.9 Å². The van der Waals surface area contributed by atoms with Gasteiger partial charge in [-0.15, -0.1) is 0 Å². The fraction of sp³-hybridized carbons (Fsp3) is 0.500. The van der Waals surface area contributed by atoms with Crippen LogP contribution in [0.25, 0.3) is 0 Å². The molecule has 4 nitrogen and oxygen atoms in total. The number of fused-ring (bicyclic) bond motifs is 4. The van der Waals surface area contributed by atoms with E-state index in [0.717, 1.165) is 25.1 Å². The standard InChI is InChI=1S/C12H14N2O2/c15-14(16)11-3-4-12-10(7-11)6-9-2-1-5-13(12)8-9/h3-4,7,9H,1-2,5-6,8H2. The molecule has 0 amide bonds. The van der Waals surface area contributed by atoms with Gasteiger partial charge in [0.15, 0.2) is 0 Å². The number of hydrogen-bond acceptors (Lipinski definition) is 3. The Morgan fingerprint density at radius 3 is 3.12 bits per heavy atom. The number of nitro benzene ring substituents is 1. The van der Waals surface area contributed by atoms with Gasteiger partial charge in [0.05, 0.1) is 4.92 Å². The van der Waals surface area contributed by atoms with E-state index in [1.807, 2.05) is 6.07 Å². The van der Waals surface area contributed by atoms with Gasteiger partial charge >= 0.3 is 0 Å². The summed E-state index contributed by atoms with van der Waals surface area (Å²) in [7, 11) is 0. The van der Waals surface area contributed by atoms with Gasteiger partial charge in [0.1, 0.15) is 0 Å². The molecule has 2 aliphatic rings. The summed E-state index contributed by atoms with van der Waals surface area (Å²) < 4.78 is 0. The number of anilines is 1. The second kappa shape index (κ2) is 3.47. The first-order chi connectivity index (χ1) is 7.74. The Morgan fingerprint density at radius 1 is 1.44 bits per heavy atom. The first-order valence-electron chi connectivity index (χ1n) is 5.76. The molecule has 84 valence electrons. The first kappa shape index (κ1) is 9.63. The van der Waals surface area contributed by atoms with Gasteiger partial charge in [-0.05, 0) is 36.8 Å². The van der Waals surface area contributed by atoms with E-state index in [1.54, 1.807) is 12.1 Å². The van der Waals surface area contributed by atoms with Gasteiger partial charge in [-0.25, -0.2) is 0 Å². The lowest BCUT2D eigenvalue weighted by Crippen LogP contribution is -2.40. The Bertz CT molecular complexity index is 445. The summed E-state index contributed by atoms with van der Waals surface area (Å²) in [6.07, 6.45) is 3.52. The molecule has 1 atom stereocenters. The fourth-order valence-corrected chi connectivity index (χ4v) is 2.92. The van der Waals surface area contributed by atoms with E-state index < -0.39 is 0 Å². The summed E-state index contributed by atoms with van der Waals surface area (Å²) in [5.74, 6) is 0.697. The predicted octanol–water partition coefficient (Wildman–Crippen LogP) is 2.37. The van der Waals surface area contributed by atoms with Crippen molar-refractivity contribution in [2.45, 2.75) is 19.3 Å². The van der Waals surface area contributed by atoms with Crippen LogP contribution in [0.4, 0.5) is 11.4 Å². The summed E-state index contributed by atoms with van der Waals surface area (Å²) in [6.45, 7) is 2.23. The lowest BCUT2D eigenvalue weighted by atomic mass is 9.86. The number of nitro groups is 1. The van der Waals surface area contributed by atoms with Gasteiger partial charge in [-0.3, -0.25) is 10.1 Å². The molecule has 0 radical (unpaired) electrons. The minimum absolute atomic E-state index is 0.222. The van der Waals surface area contributed by atoms with Crippen LogP contribution in [0.2, 0.25) is 0 Å². The maximum atomic E-state index is 10.7. The SMILES string of the molecule is O=[N+]([O-])c1ccc2c(c1)CC1CCCN2C1. The van der Waals surface area contributed by atoms with E-state index in [1.165, 1.54) is 18.5 Å². The van der Waals surface area contributed by atoms with Crippen LogP contribution in [0.5, 0.6) is 0 Å². The minimum atomic E-state index is -0.306. The van der Waals surface area contributed by atoms with E-state index >= 15 is 0 Å². The molecule has 0 saturated carbocycles. The molecule has 0 spiro atoms. The highest BCUT2D eigenvalue weighted by Crippen LogP contribution is 2.36. The highest BCUT2D eigenvalue weighted by Gasteiger charge is 2.28. The van der Waals surface area contributed by atoms with Crippen LogP contribution < -0.4 is 4.90 Å². The van der Waals surface area contributed by atoms with E-state index in [0.29, 0.717) is 5.92 Å². The molecule has 1 saturated heterocycles. The Morgan fingerprint density at radius 2 is 2.31 bits per heavy atom. The maximum Gasteiger partial charge on any atom is 0.269 e. The smallest absolute Gasteiger partial charge is 0.269 e. The van der Waals surface area contributed by atoms with Crippen molar-refractivity contribution in [3.63, 3.8) is 0 Å². The number of non-ortho nitro benzene ring substituents is 1. The predicted molar refractivity (Wildman–Crippen MR) is 61.7 cm³/mol. The fourth-order valence-electron chi connectivity index (χ4n) is 2.92. The summed E-state index contributed by atoms with van der Waals surface area (Å²) in [5.41, 5.74) is 2.59. The third-order valence-corrected chi connectivity index (χ3v) is 3.64. The van der Waals surface area contributed by atoms with Crippen molar-refractivity contribution < 1.29 is 4.92 Å². The first-order valence-corrected chi connectivity index (χ1v) is 5.76. The zero-order valence-electron chi connectivity index (χ0n) is 9.06. The molecule has 2 bridgehead atoms. The quantitative estimate of drug-likeness (QED) is 0.537.